The number of aliphatic imine (C=N–C) groups is 4. The lowest BCUT2D eigenvalue weighted by Crippen LogP contribution is -2.48. The largest absolute Gasteiger partial charge is 0.483 e. The molecule has 0 spiro atoms. The summed E-state index contributed by atoms with van der Waals surface area (Å²) in [5.74, 6) is 2.54. The van der Waals surface area contributed by atoms with Gasteiger partial charge in [0.25, 0.3) is 0 Å². The second kappa shape index (κ2) is 8.51. The maximum atomic E-state index is 5.53. The Kier molecular flexibility index (Phi) is 6.61. The first-order valence-electron chi connectivity index (χ1n) is 8.84. The van der Waals surface area contributed by atoms with Gasteiger partial charge in [-0.05, 0) is 11.8 Å². The Hall–Kier alpha value is -2.12. The van der Waals surface area contributed by atoms with E-state index in [1.54, 1.807) is 28.4 Å². The molecule has 0 fully saturated rings. The molecule has 2 rings (SSSR count). The first-order chi connectivity index (χ1) is 12.4. The molecule has 0 aromatic heterocycles. The summed E-state index contributed by atoms with van der Waals surface area (Å²) in [7, 11) is 6.37. The quantitative estimate of drug-likeness (QED) is 0.764. The summed E-state index contributed by atoms with van der Waals surface area (Å²) in [4.78, 5) is 18.9. The highest BCUT2D eigenvalue weighted by Gasteiger charge is 2.42. The average Bonchev–Trinajstić information content (AvgIpc) is 2.65. The van der Waals surface area contributed by atoms with Gasteiger partial charge in [-0.3, -0.25) is 0 Å². The van der Waals surface area contributed by atoms with E-state index in [4.69, 9.17) is 38.9 Å². The van der Waals surface area contributed by atoms with Gasteiger partial charge in [0, 0.05) is 0 Å². The molecule has 0 bridgehead atoms. The highest BCUT2D eigenvalue weighted by molar-refractivity contribution is 6.01. The Balaban J connectivity index is 2.47. The van der Waals surface area contributed by atoms with Gasteiger partial charge in [0.1, 0.15) is 12.1 Å². The van der Waals surface area contributed by atoms with Crippen LogP contribution in [0.4, 0.5) is 0 Å². The van der Waals surface area contributed by atoms with Crippen molar-refractivity contribution in [2.24, 2.45) is 31.8 Å². The summed E-state index contributed by atoms with van der Waals surface area (Å²) in [6, 6.07) is -1.40. The summed E-state index contributed by atoms with van der Waals surface area (Å²) in [6.45, 7) is 8.25. The summed E-state index contributed by atoms with van der Waals surface area (Å²) in [6.07, 6.45) is 0. The van der Waals surface area contributed by atoms with Gasteiger partial charge in [-0.25, -0.2) is 20.0 Å². The molecule has 0 aromatic carbocycles. The van der Waals surface area contributed by atoms with Crippen molar-refractivity contribution in [2.45, 2.75) is 51.9 Å². The van der Waals surface area contributed by atoms with Gasteiger partial charge >= 0.3 is 0 Å². The van der Waals surface area contributed by atoms with Crippen molar-refractivity contribution in [3.8, 4) is 0 Å². The van der Waals surface area contributed by atoms with Crippen LogP contribution in [0.1, 0.15) is 27.7 Å². The Bertz CT molecular complexity index is 571. The zero-order chi connectivity index (χ0) is 19.4. The van der Waals surface area contributed by atoms with Crippen molar-refractivity contribution in [1.82, 2.24) is 0 Å². The van der Waals surface area contributed by atoms with E-state index in [0.717, 1.165) is 0 Å². The molecule has 2 aliphatic rings. The fraction of sp³-hybridized carbons (Fsp3) is 0.778. The van der Waals surface area contributed by atoms with E-state index in [0.29, 0.717) is 23.6 Å². The van der Waals surface area contributed by atoms with E-state index in [1.165, 1.54) is 0 Å². The molecule has 0 saturated carbocycles. The van der Waals surface area contributed by atoms with Crippen LogP contribution in [0.15, 0.2) is 20.0 Å². The standard InChI is InChI=1S/C18H30N4O4/c1-9(2)11-15(23-5)21-13(17(19-11)25-7)14-18(26-8)20-12(10(3)4)16(22-14)24-6/h9-14H,1-8H3/t11-,12-,13?,14?/m1/s1. The number of hydrogen-bond donors (Lipinski definition) is 0. The summed E-state index contributed by atoms with van der Waals surface area (Å²) >= 11 is 0. The molecule has 0 amide bonds. The first kappa shape index (κ1) is 20.2. The number of methoxy groups -OCH3 is 4. The number of rotatable bonds is 3. The monoisotopic (exact) mass is 366 g/mol. The molecule has 2 unspecified atom stereocenters. The molecule has 0 saturated heterocycles. The molecule has 0 radical (unpaired) electrons. The lowest BCUT2D eigenvalue weighted by molar-refractivity contribution is 0.310. The minimum absolute atomic E-state index is 0.188. The van der Waals surface area contributed by atoms with E-state index in [9.17, 15) is 0 Å². The average molecular weight is 366 g/mol. The molecule has 0 N–H and O–H groups in total. The molecule has 8 nitrogen and oxygen atoms in total. The number of hydrogen-bond acceptors (Lipinski definition) is 8. The second-order valence-corrected chi connectivity index (χ2v) is 6.95. The molecule has 4 atom stereocenters. The van der Waals surface area contributed by atoms with E-state index in [1.807, 2.05) is 0 Å². The Morgan fingerprint density at radius 1 is 0.538 bits per heavy atom. The van der Waals surface area contributed by atoms with Crippen LogP contribution >= 0.6 is 0 Å². The molecule has 2 aliphatic heterocycles. The lowest BCUT2D eigenvalue weighted by Gasteiger charge is -2.32. The molecular weight excluding hydrogens is 336 g/mol. The van der Waals surface area contributed by atoms with Crippen LogP contribution in [0.3, 0.4) is 0 Å². The van der Waals surface area contributed by atoms with E-state index < -0.39 is 12.1 Å². The van der Waals surface area contributed by atoms with E-state index in [-0.39, 0.29) is 23.9 Å². The molecule has 146 valence electrons. The molecule has 8 heteroatoms. The van der Waals surface area contributed by atoms with Crippen molar-refractivity contribution in [3.05, 3.63) is 0 Å². The Morgan fingerprint density at radius 3 is 1.08 bits per heavy atom. The minimum Gasteiger partial charge on any atom is -0.483 e. The summed E-state index contributed by atoms with van der Waals surface area (Å²) < 4.78 is 22.0. The van der Waals surface area contributed by atoms with Crippen LogP contribution in [-0.4, -0.2) is 76.2 Å². The lowest BCUT2D eigenvalue weighted by atomic mass is 9.98. The molecular formula is C18H30N4O4. The predicted octanol–water partition coefficient (Wildman–Crippen LogP) is 1.98. The van der Waals surface area contributed by atoms with Gasteiger partial charge in [-0.2, -0.15) is 0 Å². The van der Waals surface area contributed by atoms with Crippen LogP contribution in [-0.2, 0) is 18.9 Å². The van der Waals surface area contributed by atoms with Gasteiger partial charge < -0.3 is 18.9 Å². The SMILES string of the molecule is COC1=N[C@H](C(C)C)C(OC)=NC1C1N=C(OC)[C@@H](C(C)C)N=C1OC. The second-order valence-electron chi connectivity index (χ2n) is 6.95. The molecule has 26 heavy (non-hydrogen) atoms. The van der Waals surface area contributed by atoms with Crippen molar-refractivity contribution < 1.29 is 18.9 Å². The number of nitrogens with zero attached hydrogens (tertiary/aromatic N) is 4. The van der Waals surface area contributed by atoms with Crippen molar-refractivity contribution in [3.63, 3.8) is 0 Å². The van der Waals surface area contributed by atoms with Gasteiger partial charge in [0.15, 0.2) is 12.1 Å². The summed E-state index contributed by atoms with van der Waals surface area (Å²) in [5, 5.41) is 0. The van der Waals surface area contributed by atoms with Crippen molar-refractivity contribution >= 4 is 23.6 Å². The Morgan fingerprint density at radius 2 is 0.846 bits per heavy atom. The molecule has 0 aromatic rings. The summed E-state index contributed by atoms with van der Waals surface area (Å²) in [5.41, 5.74) is 0. The van der Waals surface area contributed by atoms with Crippen LogP contribution in [0.25, 0.3) is 0 Å². The number of ether oxygens (including phenoxy) is 4. The van der Waals surface area contributed by atoms with Gasteiger partial charge in [0.05, 0.1) is 28.4 Å². The van der Waals surface area contributed by atoms with E-state index >= 15 is 0 Å². The highest BCUT2D eigenvalue weighted by Crippen LogP contribution is 2.25. The van der Waals surface area contributed by atoms with Crippen molar-refractivity contribution in [2.75, 3.05) is 28.4 Å². The van der Waals surface area contributed by atoms with Gasteiger partial charge in [0.2, 0.25) is 23.6 Å². The fourth-order valence-electron chi connectivity index (χ4n) is 3.05. The topological polar surface area (TPSA) is 86.4 Å². The van der Waals surface area contributed by atoms with Gasteiger partial charge in [-0.15, -0.1) is 0 Å². The maximum Gasteiger partial charge on any atom is 0.212 e. The molecule has 2 heterocycles. The third kappa shape index (κ3) is 3.83. The fourth-order valence-corrected chi connectivity index (χ4v) is 3.05. The normalized spacial score (nSPS) is 28.8. The third-order valence-corrected chi connectivity index (χ3v) is 4.48. The molecule has 0 aliphatic carbocycles. The van der Waals surface area contributed by atoms with Crippen LogP contribution in [0, 0.1) is 11.8 Å². The van der Waals surface area contributed by atoms with Crippen LogP contribution in [0.2, 0.25) is 0 Å². The minimum atomic E-state index is -0.512. The van der Waals surface area contributed by atoms with Crippen LogP contribution in [0.5, 0.6) is 0 Å². The zero-order valence-corrected chi connectivity index (χ0v) is 16.9. The Labute approximate surface area is 155 Å². The maximum absolute atomic E-state index is 5.53. The smallest absolute Gasteiger partial charge is 0.212 e. The highest BCUT2D eigenvalue weighted by atomic mass is 16.5. The first-order valence-corrected chi connectivity index (χ1v) is 8.84. The van der Waals surface area contributed by atoms with Crippen molar-refractivity contribution in [1.29, 1.82) is 0 Å². The van der Waals surface area contributed by atoms with E-state index in [2.05, 4.69) is 27.7 Å². The third-order valence-electron chi connectivity index (χ3n) is 4.48. The predicted molar refractivity (Wildman–Crippen MR) is 103 cm³/mol. The van der Waals surface area contributed by atoms with Crippen LogP contribution < -0.4 is 0 Å². The van der Waals surface area contributed by atoms with Gasteiger partial charge in [-0.1, -0.05) is 27.7 Å². The zero-order valence-electron chi connectivity index (χ0n) is 16.9.